The molecule has 0 aromatic heterocycles. The van der Waals surface area contributed by atoms with Gasteiger partial charge in [-0.3, -0.25) is 0 Å². The van der Waals surface area contributed by atoms with E-state index in [1.54, 1.807) is 0 Å². The average molecular weight is 351 g/mol. The molecule has 1 fully saturated rings. The minimum atomic E-state index is -4.30. The van der Waals surface area contributed by atoms with Gasteiger partial charge < -0.3 is 10.2 Å². The number of alkyl halides is 3. The molecule has 0 spiro atoms. The van der Waals surface area contributed by atoms with Crippen LogP contribution in [0.5, 0.6) is 0 Å². The van der Waals surface area contributed by atoms with Crippen molar-refractivity contribution in [3.05, 3.63) is 28.2 Å². The van der Waals surface area contributed by atoms with Crippen molar-refractivity contribution in [1.29, 1.82) is 0 Å². The smallest absolute Gasteiger partial charge is 0.368 e. The average Bonchev–Trinajstić information content (AvgIpc) is 2.38. The van der Waals surface area contributed by atoms with Crippen molar-refractivity contribution in [3.63, 3.8) is 0 Å². The lowest BCUT2D eigenvalue weighted by Gasteiger charge is -2.37. The van der Waals surface area contributed by atoms with Crippen molar-refractivity contribution in [3.8, 4) is 0 Å². The number of nitrogens with one attached hydrogen (secondary N) is 1. The lowest BCUT2D eigenvalue weighted by Crippen LogP contribution is -2.53. The molecule has 1 heterocycles. The quantitative estimate of drug-likeness (QED) is 0.869. The summed E-state index contributed by atoms with van der Waals surface area (Å²) in [5.74, 6) is 0.447. The maximum Gasteiger partial charge on any atom is 0.416 e. The minimum Gasteiger partial charge on any atom is -0.368 e. The van der Waals surface area contributed by atoms with Gasteiger partial charge in [-0.05, 0) is 40.0 Å². The zero-order valence-electron chi connectivity index (χ0n) is 11.5. The van der Waals surface area contributed by atoms with E-state index in [0.29, 0.717) is 28.7 Å². The summed E-state index contributed by atoms with van der Waals surface area (Å²) in [4.78, 5) is 2.01. The molecule has 112 valence electrons. The summed E-state index contributed by atoms with van der Waals surface area (Å²) in [6, 6.07) is 4.11. The van der Waals surface area contributed by atoms with Gasteiger partial charge in [-0.2, -0.15) is 13.2 Å². The fourth-order valence-electron chi connectivity index (χ4n) is 2.37. The molecule has 20 heavy (non-hydrogen) atoms. The highest BCUT2D eigenvalue weighted by Gasteiger charge is 2.32. The summed E-state index contributed by atoms with van der Waals surface area (Å²) >= 11 is 3.36. The maximum absolute atomic E-state index is 12.8. The van der Waals surface area contributed by atoms with Crippen LogP contribution < -0.4 is 10.2 Å². The Labute approximate surface area is 125 Å². The molecular formula is C14H18BrF3N2. The summed E-state index contributed by atoms with van der Waals surface area (Å²) < 4.78 is 39.2. The molecule has 1 unspecified atom stereocenters. The largest absolute Gasteiger partial charge is 0.416 e. The fraction of sp³-hybridized carbons (Fsp3) is 0.571. The van der Waals surface area contributed by atoms with E-state index in [4.69, 9.17) is 0 Å². The number of hydrogen-bond acceptors (Lipinski definition) is 2. The molecule has 0 bridgehead atoms. The topological polar surface area (TPSA) is 15.3 Å². The highest BCUT2D eigenvalue weighted by molar-refractivity contribution is 9.10. The molecule has 0 aliphatic carbocycles. The number of hydrogen-bond donors (Lipinski definition) is 1. The molecule has 0 saturated carbocycles. The van der Waals surface area contributed by atoms with Gasteiger partial charge in [-0.25, -0.2) is 0 Å². The van der Waals surface area contributed by atoms with E-state index in [-0.39, 0.29) is 0 Å². The second kappa shape index (κ2) is 5.93. The number of anilines is 1. The molecule has 1 aliphatic heterocycles. The van der Waals surface area contributed by atoms with Gasteiger partial charge in [0.15, 0.2) is 0 Å². The molecule has 1 aromatic carbocycles. The highest BCUT2D eigenvalue weighted by Crippen LogP contribution is 2.36. The molecule has 1 aliphatic rings. The van der Waals surface area contributed by atoms with Gasteiger partial charge in [0.05, 0.1) is 11.3 Å². The predicted molar refractivity (Wildman–Crippen MR) is 78.0 cm³/mol. The van der Waals surface area contributed by atoms with Gasteiger partial charge in [-0.15, -0.1) is 0 Å². The first-order valence-electron chi connectivity index (χ1n) is 6.64. The van der Waals surface area contributed by atoms with Crippen LogP contribution in [0.15, 0.2) is 22.7 Å². The van der Waals surface area contributed by atoms with Crippen LogP contribution in [0.4, 0.5) is 18.9 Å². The Kier molecular flexibility index (Phi) is 4.64. The van der Waals surface area contributed by atoms with Crippen molar-refractivity contribution < 1.29 is 13.2 Å². The molecule has 6 heteroatoms. The van der Waals surface area contributed by atoms with Gasteiger partial charge in [-0.1, -0.05) is 13.8 Å². The zero-order valence-corrected chi connectivity index (χ0v) is 13.1. The standard InChI is InChI=1S/C14H18BrF3N2/c1-9(2)12-8-20(6-5-19-12)13-7-10(14(16,17)18)3-4-11(13)15/h3-4,7,9,12,19H,5-6,8H2,1-2H3. The van der Waals surface area contributed by atoms with E-state index in [0.717, 1.165) is 19.2 Å². The Balaban J connectivity index is 2.27. The van der Waals surface area contributed by atoms with Crippen LogP contribution in [0.1, 0.15) is 19.4 Å². The van der Waals surface area contributed by atoms with Crippen molar-refractivity contribution in [2.45, 2.75) is 26.1 Å². The summed E-state index contributed by atoms with van der Waals surface area (Å²) in [7, 11) is 0. The third-order valence-electron chi connectivity index (χ3n) is 3.62. The number of rotatable bonds is 2. The minimum absolute atomic E-state index is 0.296. The molecule has 2 rings (SSSR count). The van der Waals surface area contributed by atoms with E-state index >= 15 is 0 Å². The second-order valence-corrected chi connectivity index (χ2v) is 6.27. The van der Waals surface area contributed by atoms with Gasteiger partial charge in [0, 0.05) is 30.1 Å². The lowest BCUT2D eigenvalue weighted by atomic mass is 10.0. The van der Waals surface area contributed by atoms with E-state index < -0.39 is 11.7 Å². The van der Waals surface area contributed by atoms with E-state index in [9.17, 15) is 13.2 Å². The lowest BCUT2D eigenvalue weighted by molar-refractivity contribution is -0.137. The normalized spacial score (nSPS) is 20.6. The van der Waals surface area contributed by atoms with Gasteiger partial charge in [0.25, 0.3) is 0 Å². The Bertz CT molecular complexity index is 474. The molecule has 0 amide bonds. The third-order valence-corrected chi connectivity index (χ3v) is 4.29. The summed E-state index contributed by atoms with van der Waals surface area (Å²) in [5.41, 5.74) is 0.0160. The van der Waals surface area contributed by atoms with Gasteiger partial charge in [0.2, 0.25) is 0 Å². The van der Waals surface area contributed by atoms with Crippen LogP contribution in [0.25, 0.3) is 0 Å². The fourth-order valence-corrected chi connectivity index (χ4v) is 2.87. The predicted octanol–water partition coefficient (Wildman–Crippen LogP) is 3.90. The highest BCUT2D eigenvalue weighted by atomic mass is 79.9. The Hall–Kier alpha value is -0.750. The van der Waals surface area contributed by atoms with Gasteiger partial charge >= 0.3 is 6.18 Å². The Morgan fingerprint density at radius 1 is 1.35 bits per heavy atom. The van der Waals surface area contributed by atoms with Crippen LogP contribution in [0.3, 0.4) is 0 Å². The van der Waals surface area contributed by atoms with Crippen molar-refractivity contribution in [2.24, 2.45) is 5.92 Å². The van der Waals surface area contributed by atoms with Crippen LogP contribution >= 0.6 is 15.9 Å². The molecule has 1 saturated heterocycles. The van der Waals surface area contributed by atoms with Crippen LogP contribution in [-0.4, -0.2) is 25.7 Å². The number of benzene rings is 1. The Morgan fingerprint density at radius 2 is 2.05 bits per heavy atom. The molecule has 2 nitrogen and oxygen atoms in total. The van der Waals surface area contributed by atoms with Crippen molar-refractivity contribution in [1.82, 2.24) is 5.32 Å². The summed E-state index contributed by atoms with van der Waals surface area (Å²) in [5, 5.41) is 3.40. The van der Waals surface area contributed by atoms with E-state index in [2.05, 4.69) is 35.1 Å². The maximum atomic E-state index is 12.8. The second-order valence-electron chi connectivity index (χ2n) is 5.41. The van der Waals surface area contributed by atoms with Crippen molar-refractivity contribution in [2.75, 3.05) is 24.5 Å². The summed E-state index contributed by atoms with van der Waals surface area (Å²) in [6.45, 7) is 6.44. The first kappa shape index (κ1) is 15.6. The van der Waals surface area contributed by atoms with Gasteiger partial charge in [0.1, 0.15) is 0 Å². The monoisotopic (exact) mass is 350 g/mol. The van der Waals surface area contributed by atoms with E-state index in [1.807, 2.05) is 4.90 Å². The molecule has 0 radical (unpaired) electrons. The first-order valence-corrected chi connectivity index (χ1v) is 7.43. The number of nitrogens with zero attached hydrogens (tertiary/aromatic N) is 1. The number of halogens is 4. The number of piperazine rings is 1. The SMILES string of the molecule is CC(C)C1CN(c2cc(C(F)(F)F)ccc2Br)CCN1. The first-order chi connectivity index (χ1) is 9.29. The van der Waals surface area contributed by atoms with Crippen LogP contribution in [0.2, 0.25) is 0 Å². The van der Waals surface area contributed by atoms with Crippen molar-refractivity contribution >= 4 is 21.6 Å². The zero-order chi connectivity index (χ0) is 14.9. The van der Waals surface area contributed by atoms with Crippen LogP contribution in [0, 0.1) is 5.92 Å². The Morgan fingerprint density at radius 3 is 2.65 bits per heavy atom. The van der Waals surface area contributed by atoms with E-state index in [1.165, 1.54) is 12.1 Å². The molecule has 1 N–H and O–H groups in total. The summed E-state index contributed by atoms with van der Waals surface area (Å²) in [6.07, 6.45) is -4.30. The third kappa shape index (κ3) is 3.47. The van der Waals surface area contributed by atoms with Crippen LogP contribution in [-0.2, 0) is 6.18 Å². The molecule has 1 atom stereocenters. The molecule has 1 aromatic rings. The molecular weight excluding hydrogens is 333 g/mol.